The van der Waals surface area contributed by atoms with Crippen LogP contribution in [0.15, 0.2) is 18.3 Å². The Morgan fingerprint density at radius 2 is 2.00 bits per heavy atom. The third-order valence-electron chi connectivity index (χ3n) is 2.77. The summed E-state index contributed by atoms with van der Waals surface area (Å²) in [5, 5.41) is 11.8. The molecule has 0 aliphatic carbocycles. The summed E-state index contributed by atoms with van der Waals surface area (Å²) in [5.41, 5.74) is -2.50. The maximum absolute atomic E-state index is 12.9. The Morgan fingerprint density at radius 3 is 2.38 bits per heavy atom. The van der Waals surface area contributed by atoms with E-state index in [1.165, 1.54) is 6.07 Å². The lowest BCUT2D eigenvalue weighted by Gasteiger charge is -2.30. The lowest BCUT2D eigenvalue weighted by molar-refractivity contribution is -0.145. The smallest absolute Gasteiger partial charge is 0.408 e. The van der Waals surface area contributed by atoms with E-state index in [4.69, 9.17) is 4.74 Å². The number of aliphatic carboxylic acids is 1. The Kier molecular flexibility index (Phi) is 4.88. The highest BCUT2D eigenvalue weighted by Gasteiger charge is 2.42. The number of amides is 1. The molecule has 1 atom stereocenters. The molecule has 0 aromatic carbocycles. The molecule has 21 heavy (non-hydrogen) atoms. The highest BCUT2D eigenvalue weighted by molar-refractivity contribution is 5.85. The average Bonchev–Trinajstić information content (AvgIpc) is 2.34. The van der Waals surface area contributed by atoms with Gasteiger partial charge in [-0.2, -0.15) is 0 Å². The molecule has 1 rings (SSSR count). The predicted molar refractivity (Wildman–Crippen MR) is 73.2 cm³/mol. The molecular formula is C14H19FN2O4. The number of carbonyl (C=O) groups excluding carboxylic acids is 1. The van der Waals surface area contributed by atoms with Crippen LogP contribution in [-0.4, -0.2) is 27.8 Å². The van der Waals surface area contributed by atoms with Crippen LogP contribution in [0.25, 0.3) is 0 Å². The highest BCUT2D eigenvalue weighted by Crippen LogP contribution is 2.24. The second-order valence-electron chi connectivity index (χ2n) is 5.55. The van der Waals surface area contributed by atoms with Gasteiger partial charge in [-0.25, -0.2) is 14.0 Å². The van der Waals surface area contributed by atoms with Crippen molar-refractivity contribution >= 4 is 12.1 Å². The van der Waals surface area contributed by atoms with Crippen LogP contribution in [0.2, 0.25) is 0 Å². The van der Waals surface area contributed by atoms with Gasteiger partial charge in [0.25, 0.3) is 0 Å². The Balaban J connectivity index is 3.13. The molecule has 0 saturated heterocycles. The van der Waals surface area contributed by atoms with Gasteiger partial charge in [-0.15, -0.1) is 0 Å². The molecule has 116 valence electrons. The summed E-state index contributed by atoms with van der Waals surface area (Å²) in [4.78, 5) is 27.3. The Morgan fingerprint density at radius 1 is 1.38 bits per heavy atom. The maximum Gasteiger partial charge on any atom is 0.408 e. The van der Waals surface area contributed by atoms with Crippen LogP contribution in [-0.2, 0) is 15.1 Å². The first kappa shape index (κ1) is 16.9. The van der Waals surface area contributed by atoms with E-state index in [9.17, 15) is 19.1 Å². The Hall–Kier alpha value is -2.18. The van der Waals surface area contributed by atoms with Crippen molar-refractivity contribution in [3.63, 3.8) is 0 Å². The molecule has 7 heteroatoms. The van der Waals surface area contributed by atoms with Gasteiger partial charge in [-0.05, 0) is 39.3 Å². The van der Waals surface area contributed by atoms with Gasteiger partial charge in [-0.1, -0.05) is 6.92 Å². The van der Waals surface area contributed by atoms with Crippen molar-refractivity contribution in [1.29, 1.82) is 0 Å². The number of rotatable bonds is 4. The van der Waals surface area contributed by atoms with Crippen molar-refractivity contribution in [3.8, 4) is 0 Å². The first-order valence-electron chi connectivity index (χ1n) is 6.47. The summed E-state index contributed by atoms with van der Waals surface area (Å²) < 4.78 is 18.0. The first-order valence-corrected chi connectivity index (χ1v) is 6.47. The summed E-state index contributed by atoms with van der Waals surface area (Å²) >= 11 is 0. The van der Waals surface area contributed by atoms with E-state index >= 15 is 0 Å². The predicted octanol–water partition coefficient (Wildman–Crippen LogP) is 2.44. The fourth-order valence-corrected chi connectivity index (χ4v) is 1.75. The van der Waals surface area contributed by atoms with Gasteiger partial charge in [-0.3, -0.25) is 10.3 Å². The van der Waals surface area contributed by atoms with E-state index in [1.807, 2.05) is 0 Å². The minimum atomic E-state index is -1.77. The van der Waals surface area contributed by atoms with Gasteiger partial charge in [0.2, 0.25) is 0 Å². The summed E-state index contributed by atoms with van der Waals surface area (Å²) in [5.74, 6) is -1.89. The van der Waals surface area contributed by atoms with Crippen molar-refractivity contribution in [3.05, 3.63) is 29.8 Å². The molecule has 0 saturated carbocycles. The second-order valence-corrected chi connectivity index (χ2v) is 5.55. The van der Waals surface area contributed by atoms with Gasteiger partial charge < -0.3 is 9.84 Å². The summed E-state index contributed by atoms with van der Waals surface area (Å²) in [6, 6.07) is 2.32. The van der Waals surface area contributed by atoms with Crippen molar-refractivity contribution in [2.45, 2.75) is 45.3 Å². The van der Waals surface area contributed by atoms with Crippen LogP contribution in [0.1, 0.15) is 39.8 Å². The van der Waals surface area contributed by atoms with Gasteiger partial charge in [0, 0.05) is 0 Å². The zero-order valence-corrected chi connectivity index (χ0v) is 12.4. The van der Waals surface area contributed by atoms with Gasteiger partial charge in [0.05, 0.1) is 11.9 Å². The molecule has 1 heterocycles. The van der Waals surface area contributed by atoms with E-state index in [0.717, 1.165) is 12.3 Å². The number of carboxylic acid groups (broad SMARTS) is 1. The number of hydrogen-bond donors (Lipinski definition) is 2. The Bertz CT molecular complexity index is 525. The van der Waals surface area contributed by atoms with Crippen LogP contribution >= 0.6 is 0 Å². The molecule has 0 fully saturated rings. The molecule has 0 spiro atoms. The van der Waals surface area contributed by atoms with Crippen LogP contribution < -0.4 is 5.32 Å². The minimum absolute atomic E-state index is 0.0280. The first-order chi connectivity index (χ1) is 9.60. The molecule has 1 aromatic heterocycles. The van der Waals surface area contributed by atoms with E-state index in [2.05, 4.69) is 10.3 Å². The molecule has 2 N–H and O–H groups in total. The quantitative estimate of drug-likeness (QED) is 0.891. The molecular weight excluding hydrogens is 279 g/mol. The normalized spacial score (nSPS) is 14.1. The molecule has 0 aliphatic rings. The number of nitrogens with zero attached hydrogens (tertiary/aromatic N) is 1. The summed E-state index contributed by atoms with van der Waals surface area (Å²) in [7, 11) is 0. The molecule has 0 bridgehead atoms. The lowest BCUT2D eigenvalue weighted by atomic mass is 9.91. The molecule has 1 amide bonds. The van der Waals surface area contributed by atoms with Crippen molar-refractivity contribution in [2.75, 3.05) is 0 Å². The number of pyridine rings is 1. The lowest BCUT2D eigenvalue weighted by Crippen LogP contribution is -2.53. The summed E-state index contributed by atoms with van der Waals surface area (Å²) in [6.07, 6.45) is 0.0533. The SMILES string of the molecule is CCC(NC(=O)OC(C)(C)C)(C(=O)O)c1ccc(F)cn1. The standard InChI is InChI=1S/C14H19FN2O4/c1-5-14(11(18)19,10-7-6-9(15)8-16-10)17-12(20)21-13(2,3)4/h6-8H,5H2,1-4H3,(H,17,20)(H,18,19). The van der Waals surface area contributed by atoms with Crippen molar-refractivity contribution < 1.29 is 23.8 Å². The zero-order valence-electron chi connectivity index (χ0n) is 12.4. The number of hydrogen-bond acceptors (Lipinski definition) is 4. The fraction of sp³-hybridized carbons (Fsp3) is 0.500. The average molecular weight is 298 g/mol. The van der Waals surface area contributed by atoms with Gasteiger partial charge >= 0.3 is 12.1 Å². The van der Waals surface area contributed by atoms with E-state index < -0.39 is 29.0 Å². The molecule has 1 unspecified atom stereocenters. The number of ether oxygens (including phenoxy) is 1. The molecule has 0 radical (unpaired) electrons. The molecule has 0 aliphatic heterocycles. The van der Waals surface area contributed by atoms with Crippen LogP contribution in [0, 0.1) is 5.82 Å². The van der Waals surface area contributed by atoms with E-state index in [1.54, 1.807) is 27.7 Å². The number of halogens is 1. The number of aromatic nitrogens is 1. The maximum atomic E-state index is 12.9. The third-order valence-corrected chi connectivity index (χ3v) is 2.77. The largest absolute Gasteiger partial charge is 0.479 e. The van der Waals surface area contributed by atoms with Crippen LogP contribution in [0.4, 0.5) is 9.18 Å². The number of carbonyl (C=O) groups is 2. The molecule has 6 nitrogen and oxygen atoms in total. The second kappa shape index (κ2) is 6.07. The monoisotopic (exact) mass is 298 g/mol. The van der Waals surface area contributed by atoms with Crippen molar-refractivity contribution in [1.82, 2.24) is 10.3 Å². The number of alkyl carbamates (subject to hydrolysis) is 1. The third kappa shape index (κ3) is 4.14. The van der Waals surface area contributed by atoms with Gasteiger partial charge in [0.1, 0.15) is 11.4 Å². The van der Waals surface area contributed by atoms with Crippen LogP contribution in [0.3, 0.4) is 0 Å². The Labute approximate surface area is 122 Å². The van der Waals surface area contributed by atoms with E-state index in [-0.39, 0.29) is 12.1 Å². The number of nitrogens with one attached hydrogen (secondary N) is 1. The van der Waals surface area contributed by atoms with Crippen molar-refractivity contribution in [2.24, 2.45) is 0 Å². The topological polar surface area (TPSA) is 88.5 Å². The van der Waals surface area contributed by atoms with Gasteiger partial charge in [0.15, 0.2) is 5.54 Å². The molecule has 1 aromatic rings. The number of carboxylic acids is 1. The van der Waals surface area contributed by atoms with E-state index in [0.29, 0.717) is 0 Å². The highest BCUT2D eigenvalue weighted by atomic mass is 19.1. The fourth-order valence-electron chi connectivity index (χ4n) is 1.75. The zero-order chi connectivity index (χ0) is 16.3. The summed E-state index contributed by atoms with van der Waals surface area (Å²) in [6.45, 7) is 6.57. The minimum Gasteiger partial charge on any atom is -0.479 e. The van der Waals surface area contributed by atoms with Crippen LogP contribution in [0.5, 0.6) is 0 Å².